The Morgan fingerprint density at radius 1 is 0.800 bits per heavy atom. The molecule has 0 aliphatic heterocycles. The highest BCUT2D eigenvalue weighted by atomic mass is 16.5. The minimum atomic E-state index is 0.342. The predicted molar refractivity (Wildman–Crippen MR) is 117 cm³/mol. The number of hydrogen-bond donors (Lipinski definition) is 1. The Kier molecular flexibility index (Phi) is 5.10. The number of benzene rings is 2. The number of nitrogen functional groups attached to an aromatic ring is 1. The summed E-state index contributed by atoms with van der Waals surface area (Å²) in [6.07, 6.45) is 1.42. The molecule has 152 valence electrons. The van der Waals surface area contributed by atoms with Crippen molar-refractivity contribution in [2.45, 2.75) is 6.92 Å². The number of ether oxygens (including phenoxy) is 3. The highest BCUT2D eigenvalue weighted by Crippen LogP contribution is 2.46. The molecule has 4 aromatic rings. The fourth-order valence-corrected chi connectivity index (χ4v) is 3.49. The number of aromatic nitrogens is 3. The van der Waals surface area contributed by atoms with Gasteiger partial charge < -0.3 is 19.9 Å². The summed E-state index contributed by atoms with van der Waals surface area (Å²) in [5, 5.41) is 0.652. The second kappa shape index (κ2) is 7.87. The zero-order valence-electron chi connectivity index (χ0n) is 17.3. The average molecular weight is 402 g/mol. The summed E-state index contributed by atoms with van der Waals surface area (Å²) in [5.74, 6) is 1.94. The van der Waals surface area contributed by atoms with Gasteiger partial charge in [-0.1, -0.05) is 29.8 Å². The van der Waals surface area contributed by atoms with Crippen LogP contribution in [0.3, 0.4) is 0 Å². The van der Waals surface area contributed by atoms with Crippen LogP contribution < -0.4 is 19.9 Å². The van der Waals surface area contributed by atoms with E-state index < -0.39 is 0 Å². The maximum Gasteiger partial charge on any atom is 0.203 e. The fourth-order valence-electron chi connectivity index (χ4n) is 3.49. The second-order valence-corrected chi connectivity index (χ2v) is 6.76. The molecule has 0 fully saturated rings. The van der Waals surface area contributed by atoms with Gasteiger partial charge >= 0.3 is 0 Å². The smallest absolute Gasteiger partial charge is 0.203 e. The van der Waals surface area contributed by atoms with Crippen molar-refractivity contribution in [2.24, 2.45) is 0 Å². The van der Waals surface area contributed by atoms with Crippen LogP contribution in [0.4, 0.5) is 5.82 Å². The van der Waals surface area contributed by atoms with E-state index in [0.29, 0.717) is 34.1 Å². The molecule has 0 saturated carbocycles. The summed E-state index contributed by atoms with van der Waals surface area (Å²) in [6.45, 7) is 2.05. The molecule has 0 atom stereocenters. The first-order valence-corrected chi connectivity index (χ1v) is 9.35. The van der Waals surface area contributed by atoms with Crippen molar-refractivity contribution >= 4 is 16.9 Å². The Labute approximate surface area is 174 Å². The molecule has 0 unspecified atom stereocenters. The number of fused-ring (bicyclic) bond motifs is 1. The topological polar surface area (TPSA) is 92.4 Å². The lowest BCUT2D eigenvalue weighted by Crippen LogP contribution is -2.01. The number of pyridine rings is 1. The highest BCUT2D eigenvalue weighted by molar-refractivity contribution is 6.02. The van der Waals surface area contributed by atoms with E-state index in [2.05, 4.69) is 9.97 Å². The standard InChI is InChI=1S/C23H22N4O3/c1-13-5-7-14(8-6-13)17-11-16(19-22(24)25-12-26-23(19)27-17)15-9-10-18(28-2)21(30-4)20(15)29-3/h5-12H,1-4H3,(H2,24,25,26,27). The molecular weight excluding hydrogens is 380 g/mol. The molecule has 2 heterocycles. The normalized spacial score (nSPS) is 10.8. The molecule has 7 nitrogen and oxygen atoms in total. The van der Waals surface area contributed by atoms with Crippen LogP contribution in [-0.4, -0.2) is 36.3 Å². The van der Waals surface area contributed by atoms with E-state index in [0.717, 1.165) is 22.4 Å². The molecule has 0 saturated heterocycles. The van der Waals surface area contributed by atoms with Crippen LogP contribution in [0.5, 0.6) is 17.2 Å². The predicted octanol–water partition coefficient (Wildman–Crippen LogP) is 4.28. The Balaban J connectivity index is 2.06. The maximum absolute atomic E-state index is 6.23. The van der Waals surface area contributed by atoms with Gasteiger partial charge in [-0.2, -0.15) is 0 Å². The van der Waals surface area contributed by atoms with Crippen molar-refractivity contribution in [1.29, 1.82) is 0 Å². The lowest BCUT2D eigenvalue weighted by Gasteiger charge is -2.17. The number of anilines is 1. The first kappa shape index (κ1) is 19.4. The SMILES string of the molecule is COc1ccc(-c2cc(-c3ccc(C)cc3)nc3ncnc(N)c23)c(OC)c1OC. The molecule has 30 heavy (non-hydrogen) atoms. The molecule has 0 bridgehead atoms. The number of hydrogen-bond acceptors (Lipinski definition) is 7. The fraction of sp³-hybridized carbons (Fsp3) is 0.174. The Morgan fingerprint density at radius 3 is 2.20 bits per heavy atom. The minimum absolute atomic E-state index is 0.342. The first-order valence-electron chi connectivity index (χ1n) is 9.35. The molecule has 0 aliphatic rings. The van der Waals surface area contributed by atoms with Gasteiger partial charge in [0.05, 0.1) is 32.4 Å². The molecule has 0 aliphatic carbocycles. The lowest BCUT2D eigenvalue weighted by atomic mass is 9.98. The van der Waals surface area contributed by atoms with Gasteiger partial charge in [0.25, 0.3) is 0 Å². The van der Waals surface area contributed by atoms with Gasteiger partial charge in [-0.3, -0.25) is 0 Å². The monoisotopic (exact) mass is 402 g/mol. The molecule has 7 heteroatoms. The van der Waals surface area contributed by atoms with Crippen LogP contribution in [0.15, 0.2) is 48.8 Å². The summed E-state index contributed by atoms with van der Waals surface area (Å²) in [7, 11) is 4.75. The lowest BCUT2D eigenvalue weighted by molar-refractivity contribution is 0.325. The molecule has 0 radical (unpaired) electrons. The molecule has 0 spiro atoms. The van der Waals surface area contributed by atoms with Gasteiger partial charge in [-0.15, -0.1) is 0 Å². The maximum atomic E-state index is 6.23. The summed E-state index contributed by atoms with van der Waals surface area (Å²) in [5.41, 5.74) is 11.2. The van der Waals surface area contributed by atoms with Crippen molar-refractivity contribution < 1.29 is 14.2 Å². The van der Waals surface area contributed by atoms with E-state index in [-0.39, 0.29) is 0 Å². The third-order valence-corrected chi connectivity index (χ3v) is 4.98. The molecule has 2 N–H and O–H groups in total. The van der Waals surface area contributed by atoms with Gasteiger partial charge in [0, 0.05) is 16.7 Å². The van der Waals surface area contributed by atoms with Crippen molar-refractivity contribution in [3.05, 3.63) is 54.4 Å². The van der Waals surface area contributed by atoms with Crippen LogP contribution >= 0.6 is 0 Å². The number of aryl methyl sites for hydroxylation is 1. The quantitative estimate of drug-likeness (QED) is 0.533. The largest absolute Gasteiger partial charge is 0.493 e. The van der Waals surface area contributed by atoms with Crippen molar-refractivity contribution in [3.63, 3.8) is 0 Å². The number of rotatable bonds is 5. The van der Waals surface area contributed by atoms with Crippen LogP contribution in [0, 0.1) is 6.92 Å². The molecule has 0 amide bonds. The Hall–Kier alpha value is -3.87. The van der Waals surface area contributed by atoms with E-state index in [1.165, 1.54) is 11.9 Å². The van der Waals surface area contributed by atoms with Crippen molar-refractivity contribution in [3.8, 4) is 39.6 Å². The molecular formula is C23H22N4O3. The average Bonchev–Trinajstić information content (AvgIpc) is 2.77. The summed E-state index contributed by atoms with van der Waals surface area (Å²) in [6, 6.07) is 13.9. The first-order chi connectivity index (χ1) is 14.6. The highest BCUT2D eigenvalue weighted by Gasteiger charge is 2.21. The van der Waals surface area contributed by atoms with Gasteiger partial charge in [-0.25, -0.2) is 15.0 Å². The van der Waals surface area contributed by atoms with Crippen LogP contribution in [-0.2, 0) is 0 Å². The van der Waals surface area contributed by atoms with E-state index in [1.807, 2.05) is 49.4 Å². The van der Waals surface area contributed by atoms with Gasteiger partial charge in [0.1, 0.15) is 12.1 Å². The minimum Gasteiger partial charge on any atom is -0.493 e. The van der Waals surface area contributed by atoms with E-state index in [9.17, 15) is 0 Å². The summed E-state index contributed by atoms with van der Waals surface area (Å²) >= 11 is 0. The molecule has 2 aromatic carbocycles. The molecule has 4 rings (SSSR count). The van der Waals surface area contributed by atoms with Gasteiger partial charge in [0.2, 0.25) is 5.75 Å². The van der Waals surface area contributed by atoms with E-state index in [1.54, 1.807) is 21.3 Å². The van der Waals surface area contributed by atoms with Gasteiger partial charge in [0.15, 0.2) is 17.1 Å². The summed E-state index contributed by atoms with van der Waals surface area (Å²) < 4.78 is 16.7. The zero-order chi connectivity index (χ0) is 21.3. The molecule has 2 aromatic heterocycles. The third kappa shape index (κ3) is 3.24. The number of nitrogens with two attached hydrogens (primary N) is 1. The summed E-state index contributed by atoms with van der Waals surface area (Å²) in [4.78, 5) is 13.3. The number of methoxy groups -OCH3 is 3. The van der Waals surface area contributed by atoms with Crippen LogP contribution in [0.25, 0.3) is 33.4 Å². The van der Waals surface area contributed by atoms with Crippen LogP contribution in [0.2, 0.25) is 0 Å². The second-order valence-electron chi connectivity index (χ2n) is 6.76. The third-order valence-electron chi connectivity index (χ3n) is 4.98. The Morgan fingerprint density at radius 2 is 1.53 bits per heavy atom. The van der Waals surface area contributed by atoms with E-state index >= 15 is 0 Å². The van der Waals surface area contributed by atoms with Crippen molar-refractivity contribution in [2.75, 3.05) is 27.1 Å². The van der Waals surface area contributed by atoms with Crippen molar-refractivity contribution in [1.82, 2.24) is 15.0 Å². The zero-order valence-corrected chi connectivity index (χ0v) is 17.3. The number of nitrogens with zero attached hydrogens (tertiary/aromatic N) is 3. The van der Waals surface area contributed by atoms with E-state index in [4.69, 9.17) is 24.9 Å². The van der Waals surface area contributed by atoms with Gasteiger partial charge in [-0.05, 0) is 25.1 Å². The van der Waals surface area contributed by atoms with Crippen LogP contribution in [0.1, 0.15) is 5.56 Å². The Bertz CT molecular complexity index is 1220.